The van der Waals surface area contributed by atoms with Crippen LogP contribution in [0.15, 0.2) is 48.8 Å². The molecule has 0 bridgehead atoms. The summed E-state index contributed by atoms with van der Waals surface area (Å²) in [6.07, 6.45) is 3.57. The third-order valence-electron chi connectivity index (χ3n) is 4.52. The number of aromatic nitrogens is 3. The monoisotopic (exact) mass is 365 g/mol. The number of methoxy groups -OCH3 is 1. The van der Waals surface area contributed by atoms with Gasteiger partial charge in [-0.2, -0.15) is 5.10 Å². The van der Waals surface area contributed by atoms with Crippen molar-refractivity contribution in [3.63, 3.8) is 0 Å². The van der Waals surface area contributed by atoms with Crippen LogP contribution in [0, 0.1) is 0 Å². The van der Waals surface area contributed by atoms with E-state index in [1.165, 1.54) is 4.68 Å². The molecule has 1 unspecified atom stereocenters. The molecule has 138 valence electrons. The van der Waals surface area contributed by atoms with E-state index in [0.29, 0.717) is 35.9 Å². The zero-order chi connectivity index (χ0) is 18.8. The normalized spacial score (nSPS) is 15.6. The fraction of sp³-hybridized carbons (Fsp3) is 0.250. The first-order valence-corrected chi connectivity index (χ1v) is 8.62. The van der Waals surface area contributed by atoms with Gasteiger partial charge in [-0.25, -0.2) is 4.79 Å². The molecule has 0 fully saturated rings. The standard InChI is InChI=1S/C20H19N3O4/c1-23-16(12-15(22-23)13-6-9-21-10-7-13)20(24)27-17-8-11-26-19-14(17)4-3-5-18(19)25-2/h3-7,9-10,12,17H,8,11H2,1-2H3. The van der Waals surface area contributed by atoms with Crippen LogP contribution in [-0.4, -0.2) is 34.5 Å². The number of carbonyl (C=O) groups excluding carboxylic acids is 1. The van der Waals surface area contributed by atoms with Gasteiger partial charge in [0.1, 0.15) is 11.8 Å². The highest BCUT2D eigenvalue weighted by Crippen LogP contribution is 2.41. The molecule has 0 aliphatic carbocycles. The number of hydrogen-bond acceptors (Lipinski definition) is 6. The van der Waals surface area contributed by atoms with E-state index in [2.05, 4.69) is 10.1 Å². The van der Waals surface area contributed by atoms with Crippen LogP contribution in [-0.2, 0) is 11.8 Å². The third-order valence-corrected chi connectivity index (χ3v) is 4.52. The summed E-state index contributed by atoms with van der Waals surface area (Å²) in [4.78, 5) is 16.8. The zero-order valence-corrected chi connectivity index (χ0v) is 15.1. The third kappa shape index (κ3) is 3.23. The first-order valence-electron chi connectivity index (χ1n) is 8.62. The van der Waals surface area contributed by atoms with Crippen LogP contribution in [0.5, 0.6) is 11.5 Å². The molecule has 0 amide bonds. The number of nitrogens with zero attached hydrogens (tertiary/aromatic N) is 3. The van der Waals surface area contributed by atoms with Crippen LogP contribution in [0.2, 0.25) is 0 Å². The molecule has 0 spiro atoms. The molecule has 0 saturated carbocycles. The second-order valence-corrected chi connectivity index (χ2v) is 6.18. The van der Waals surface area contributed by atoms with Gasteiger partial charge < -0.3 is 14.2 Å². The Balaban J connectivity index is 1.59. The highest BCUT2D eigenvalue weighted by molar-refractivity contribution is 5.89. The smallest absolute Gasteiger partial charge is 0.357 e. The fourth-order valence-corrected chi connectivity index (χ4v) is 3.16. The van der Waals surface area contributed by atoms with Crippen LogP contribution in [0.25, 0.3) is 11.3 Å². The van der Waals surface area contributed by atoms with Crippen molar-refractivity contribution >= 4 is 5.97 Å². The van der Waals surface area contributed by atoms with E-state index in [-0.39, 0.29) is 0 Å². The van der Waals surface area contributed by atoms with Crippen LogP contribution >= 0.6 is 0 Å². The summed E-state index contributed by atoms with van der Waals surface area (Å²) >= 11 is 0. The van der Waals surface area contributed by atoms with Gasteiger partial charge in [-0.3, -0.25) is 9.67 Å². The van der Waals surface area contributed by atoms with Gasteiger partial charge in [0.2, 0.25) is 0 Å². The van der Waals surface area contributed by atoms with Crippen molar-refractivity contribution in [2.45, 2.75) is 12.5 Å². The molecular weight excluding hydrogens is 346 g/mol. The van der Waals surface area contributed by atoms with E-state index >= 15 is 0 Å². The maximum absolute atomic E-state index is 12.8. The SMILES string of the molecule is COc1cccc2c1OCCC2OC(=O)c1cc(-c2ccncc2)nn1C. The van der Waals surface area contributed by atoms with Crippen LogP contribution in [0.4, 0.5) is 0 Å². The molecule has 0 N–H and O–H groups in total. The molecule has 1 aliphatic rings. The van der Waals surface area contributed by atoms with Crippen molar-refractivity contribution in [3.8, 4) is 22.8 Å². The van der Waals surface area contributed by atoms with Gasteiger partial charge in [0.25, 0.3) is 0 Å². The molecule has 2 aromatic heterocycles. The molecule has 7 nitrogen and oxygen atoms in total. The predicted molar refractivity (Wildman–Crippen MR) is 97.7 cm³/mol. The first kappa shape index (κ1) is 17.1. The van der Waals surface area contributed by atoms with E-state index < -0.39 is 12.1 Å². The van der Waals surface area contributed by atoms with Gasteiger partial charge in [-0.05, 0) is 24.3 Å². The van der Waals surface area contributed by atoms with Gasteiger partial charge in [0, 0.05) is 37.0 Å². The van der Waals surface area contributed by atoms with Crippen molar-refractivity contribution in [2.75, 3.05) is 13.7 Å². The Hall–Kier alpha value is -3.35. The highest BCUT2D eigenvalue weighted by atomic mass is 16.6. The minimum absolute atomic E-state index is 0.387. The summed E-state index contributed by atoms with van der Waals surface area (Å²) in [7, 11) is 3.31. The van der Waals surface area contributed by atoms with Crippen molar-refractivity contribution in [1.82, 2.24) is 14.8 Å². The summed E-state index contributed by atoms with van der Waals surface area (Å²) in [5, 5.41) is 4.41. The highest BCUT2D eigenvalue weighted by Gasteiger charge is 2.28. The quantitative estimate of drug-likeness (QED) is 0.661. The Morgan fingerprint density at radius 2 is 2.07 bits per heavy atom. The summed E-state index contributed by atoms with van der Waals surface area (Å²) < 4.78 is 18.4. The van der Waals surface area contributed by atoms with Crippen molar-refractivity contribution in [2.24, 2.45) is 7.05 Å². The Bertz CT molecular complexity index is 969. The largest absolute Gasteiger partial charge is 0.493 e. The average molecular weight is 365 g/mol. The molecule has 3 heterocycles. The number of aryl methyl sites for hydroxylation is 1. The van der Waals surface area contributed by atoms with Crippen molar-refractivity contribution in [1.29, 1.82) is 0 Å². The summed E-state index contributed by atoms with van der Waals surface area (Å²) in [5.74, 6) is 0.839. The molecule has 1 aromatic carbocycles. The van der Waals surface area contributed by atoms with E-state index in [4.69, 9.17) is 14.2 Å². The molecular formula is C20H19N3O4. The van der Waals surface area contributed by atoms with Gasteiger partial charge in [-0.1, -0.05) is 12.1 Å². The lowest BCUT2D eigenvalue weighted by Gasteiger charge is -2.26. The van der Waals surface area contributed by atoms with E-state index in [9.17, 15) is 4.79 Å². The number of carbonyl (C=O) groups is 1. The predicted octanol–water partition coefficient (Wildman–Crippen LogP) is 3.17. The molecule has 4 rings (SSSR count). The minimum atomic E-state index is -0.425. The molecule has 7 heteroatoms. The Labute approximate surface area is 156 Å². The molecule has 0 saturated heterocycles. The van der Waals surface area contributed by atoms with Gasteiger partial charge in [-0.15, -0.1) is 0 Å². The molecule has 0 radical (unpaired) electrons. The fourth-order valence-electron chi connectivity index (χ4n) is 3.16. The number of ether oxygens (including phenoxy) is 3. The minimum Gasteiger partial charge on any atom is -0.493 e. The number of benzene rings is 1. The zero-order valence-electron chi connectivity index (χ0n) is 15.1. The summed E-state index contributed by atoms with van der Waals surface area (Å²) in [6, 6.07) is 11.0. The molecule has 3 aromatic rings. The topological polar surface area (TPSA) is 75.5 Å². The second-order valence-electron chi connectivity index (χ2n) is 6.18. The maximum atomic E-state index is 12.8. The van der Waals surface area contributed by atoms with Crippen LogP contribution in [0.1, 0.15) is 28.6 Å². The van der Waals surface area contributed by atoms with Crippen LogP contribution < -0.4 is 9.47 Å². The lowest BCUT2D eigenvalue weighted by molar-refractivity contribution is 0.0177. The summed E-state index contributed by atoms with van der Waals surface area (Å²) in [5.41, 5.74) is 2.78. The Morgan fingerprint density at radius 3 is 2.85 bits per heavy atom. The Morgan fingerprint density at radius 1 is 1.26 bits per heavy atom. The van der Waals surface area contributed by atoms with Crippen LogP contribution in [0.3, 0.4) is 0 Å². The average Bonchev–Trinajstić information content (AvgIpc) is 3.10. The second kappa shape index (κ2) is 7.11. The lowest BCUT2D eigenvalue weighted by Crippen LogP contribution is -2.21. The van der Waals surface area contributed by atoms with Gasteiger partial charge in [0.15, 0.2) is 11.5 Å². The number of esters is 1. The maximum Gasteiger partial charge on any atom is 0.357 e. The van der Waals surface area contributed by atoms with Gasteiger partial charge >= 0.3 is 5.97 Å². The number of rotatable bonds is 4. The molecule has 27 heavy (non-hydrogen) atoms. The van der Waals surface area contributed by atoms with E-state index in [0.717, 1.165) is 11.1 Å². The van der Waals surface area contributed by atoms with Crippen molar-refractivity contribution in [3.05, 3.63) is 60.0 Å². The first-order chi connectivity index (χ1) is 13.2. The van der Waals surface area contributed by atoms with E-state index in [1.54, 1.807) is 32.6 Å². The molecule has 1 aliphatic heterocycles. The number of hydrogen-bond donors (Lipinski definition) is 0. The lowest BCUT2D eigenvalue weighted by atomic mass is 10.0. The number of pyridine rings is 1. The molecule has 1 atom stereocenters. The van der Waals surface area contributed by atoms with Crippen molar-refractivity contribution < 1.29 is 19.0 Å². The summed E-state index contributed by atoms with van der Waals surface area (Å²) in [6.45, 7) is 0.457. The van der Waals surface area contributed by atoms with E-state index in [1.807, 2.05) is 30.3 Å². The number of fused-ring (bicyclic) bond motifs is 1. The van der Waals surface area contributed by atoms with Gasteiger partial charge in [0.05, 0.1) is 19.4 Å². The Kier molecular flexibility index (Phi) is 4.50. The number of para-hydroxylation sites is 1.